The predicted molar refractivity (Wildman–Crippen MR) is 112 cm³/mol. The number of hydrogen-bond acceptors (Lipinski definition) is 6. The van der Waals surface area contributed by atoms with E-state index >= 15 is 0 Å². The Bertz CT molecular complexity index is 797. The van der Waals surface area contributed by atoms with E-state index in [4.69, 9.17) is 16.6 Å². The van der Waals surface area contributed by atoms with Gasteiger partial charge in [0.2, 0.25) is 0 Å². The summed E-state index contributed by atoms with van der Waals surface area (Å²) in [6, 6.07) is 2.75. The Morgan fingerprint density at radius 3 is 2.59 bits per heavy atom. The van der Waals surface area contributed by atoms with Crippen LogP contribution in [0.4, 0.5) is 14.9 Å². The van der Waals surface area contributed by atoms with Gasteiger partial charge in [-0.3, -0.25) is 0 Å². The normalized spacial score (nSPS) is 19.3. The molecule has 142 valence electrons. The molecular formula is C18H23ClN4ORaS2. The van der Waals surface area contributed by atoms with Crippen LogP contribution in [0.1, 0.15) is 32.1 Å². The minimum atomic E-state index is -0.209. The summed E-state index contributed by atoms with van der Waals surface area (Å²) >= 11 is 9.15. The summed E-state index contributed by atoms with van der Waals surface area (Å²) in [4.78, 5) is 22.5. The van der Waals surface area contributed by atoms with Gasteiger partial charge in [0.15, 0.2) is 0 Å². The molecule has 1 aliphatic heterocycles. The van der Waals surface area contributed by atoms with Crippen molar-refractivity contribution >= 4 is 45.4 Å². The van der Waals surface area contributed by atoms with E-state index in [1.807, 2.05) is 11.4 Å². The molecular weight excluding hydrogens is 614 g/mol. The molecule has 1 saturated heterocycles. The van der Waals surface area contributed by atoms with Crippen molar-refractivity contribution in [1.29, 1.82) is 0 Å². The Morgan fingerprint density at radius 2 is 1.96 bits per heavy atom. The van der Waals surface area contributed by atoms with Crippen molar-refractivity contribution in [3.8, 4) is 10.6 Å². The fourth-order valence-corrected chi connectivity index (χ4v) is 7.99. The van der Waals surface area contributed by atoms with Gasteiger partial charge in [-0.15, -0.1) is 0 Å². The van der Waals surface area contributed by atoms with Crippen molar-refractivity contribution in [2.75, 3.05) is 36.4 Å². The second-order valence-electron chi connectivity index (χ2n) is 7.30. The van der Waals surface area contributed by atoms with Gasteiger partial charge in [0.25, 0.3) is 0 Å². The Labute approximate surface area is 202 Å². The van der Waals surface area contributed by atoms with Gasteiger partial charge in [-0.05, 0) is 0 Å². The van der Waals surface area contributed by atoms with Crippen molar-refractivity contribution in [1.82, 2.24) is 9.88 Å². The van der Waals surface area contributed by atoms with E-state index in [2.05, 4.69) is 15.1 Å². The summed E-state index contributed by atoms with van der Waals surface area (Å²) in [6.07, 6.45) is 6.89. The van der Waals surface area contributed by atoms with Gasteiger partial charge in [0.05, 0.1) is 0 Å². The van der Waals surface area contributed by atoms with E-state index in [1.54, 1.807) is 22.7 Å². The van der Waals surface area contributed by atoms with Gasteiger partial charge in [0.1, 0.15) is 0 Å². The molecule has 0 atom stereocenters. The van der Waals surface area contributed by atoms with E-state index in [-0.39, 0.29) is 43.7 Å². The van der Waals surface area contributed by atoms with E-state index in [1.165, 1.54) is 32.1 Å². The van der Waals surface area contributed by atoms with Crippen molar-refractivity contribution in [3.63, 3.8) is 0 Å². The summed E-state index contributed by atoms with van der Waals surface area (Å²) in [5, 5.41) is 7.51. The number of amides is 1. The number of nitrogens with one attached hydrogen (secondary N) is 1. The zero-order valence-electron chi connectivity index (χ0n) is 15.5. The number of carbonyl (C=O) groups is 1. The molecule has 1 saturated carbocycles. The molecule has 0 bridgehead atoms. The standard InChI is InChI=1S/C18H22ClN4OS2.Ra.H/c19-13-10-15(25-11-13)16-17(26-18(21-16)20-12-24)23-8-6-22(7-9-23)14-4-2-1-3-5-14;;/h10-11,14H,1-9H2,(H,20,21,24);;. The first-order valence-electron chi connectivity index (χ1n) is 9.62. The maximum atomic E-state index is 11.6. The molecule has 0 spiro atoms. The van der Waals surface area contributed by atoms with E-state index in [9.17, 15) is 4.79 Å². The summed E-state index contributed by atoms with van der Waals surface area (Å²) < 4.78 is 0.140. The zero-order chi connectivity index (χ0) is 18.8. The number of thiophene rings is 1. The van der Waals surface area contributed by atoms with Crippen LogP contribution < -0.4 is 10.2 Å². The summed E-state index contributed by atoms with van der Waals surface area (Å²) in [5.41, 5.74) is 0.962. The number of thiazole rings is 1. The Kier molecular flexibility index (Phi) is 7.18. The summed E-state index contributed by atoms with van der Waals surface area (Å²) in [6.45, 7) is 4.26. The Morgan fingerprint density at radius 1 is 1.22 bits per heavy atom. The van der Waals surface area contributed by atoms with Crippen LogP contribution in [0.25, 0.3) is 10.6 Å². The first kappa shape index (κ1) is 20.6. The number of nitrogens with zero attached hydrogens (tertiary/aromatic N) is 3. The third-order valence-corrected chi connectivity index (χ3v) is 8.73. The number of hydrogen-bond donors (Lipinski definition) is 1. The average molecular weight is 637 g/mol. The quantitative estimate of drug-likeness (QED) is 0.525. The monoisotopic (exact) mass is 636 g/mol. The summed E-state index contributed by atoms with van der Waals surface area (Å²) in [5.74, 6) is 0. The molecule has 9 heteroatoms. The van der Waals surface area contributed by atoms with Gasteiger partial charge in [-0.2, -0.15) is 0 Å². The number of halogens is 1. The second kappa shape index (κ2) is 9.42. The third-order valence-electron chi connectivity index (χ3n) is 5.39. The van der Waals surface area contributed by atoms with Crippen molar-refractivity contribution in [2.45, 2.75) is 38.1 Å². The van der Waals surface area contributed by atoms with Crippen LogP contribution in [0, 0.1) is 42.8 Å². The van der Waals surface area contributed by atoms with Crippen molar-refractivity contribution in [3.05, 3.63) is 16.5 Å². The number of rotatable bonds is 4. The molecule has 27 heavy (non-hydrogen) atoms. The molecule has 1 amide bonds. The molecule has 0 radical (unpaired) electrons. The molecule has 5 nitrogen and oxygen atoms in total. The van der Waals surface area contributed by atoms with Gasteiger partial charge < -0.3 is 0 Å². The molecule has 1 N–H and O–H groups in total. The molecule has 1 aliphatic carbocycles. The predicted octanol–water partition coefficient (Wildman–Crippen LogP) is 4.79. The van der Waals surface area contributed by atoms with Crippen LogP contribution in [0.3, 0.4) is 0 Å². The number of carbonyl (C=O) groups excluding carboxylic acids is 1. The first-order chi connectivity index (χ1) is 13.1. The molecule has 0 unspecified atom stereocenters. The number of anilines is 2. The average Bonchev–Trinajstić information content (AvgIpc) is 3.28. The maximum absolute atomic E-state index is 11.6. The van der Waals surface area contributed by atoms with E-state index in [0.29, 0.717) is 5.13 Å². The van der Waals surface area contributed by atoms with Crippen LogP contribution in [0.5, 0.6) is 0 Å². The molecule has 2 fully saturated rings. The fraction of sp³-hybridized carbons (Fsp3) is 0.556. The fourth-order valence-electron chi connectivity index (χ4n) is 4.06. The number of piperazine rings is 1. The molecule has 4 rings (SSSR count). The van der Waals surface area contributed by atoms with Crippen LogP contribution >= 0.6 is 34.3 Å². The molecule has 0 aromatic carbocycles. The molecule has 2 aromatic heterocycles. The van der Waals surface area contributed by atoms with Gasteiger partial charge >= 0.3 is 198 Å². The van der Waals surface area contributed by atoms with Crippen LogP contribution in [-0.2, 0) is 0 Å². The Hall–Kier alpha value is 0.318. The van der Waals surface area contributed by atoms with Crippen molar-refractivity contribution in [2.24, 2.45) is 0 Å². The van der Waals surface area contributed by atoms with Crippen molar-refractivity contribution < 1.29 is 47.6 Å². The van der Waals surface area contributed by atoms with Crippen LogP contribution in [-0.4, -0.2) is 43.1 Å². The Balaban J connectivity index is 1.52. The molecule has 2 aliphatic rings. The van der Waals surface area contributed by atoms with Crippen LogP contribution in [0.15, 0.2) is 11.4 Å². The van der Waals surface area contributed by atoms with E-state index < -0.39 is 0 Å². The number of aromatic nitrogens is 1. The van der Waals surface area contributed by atoms with Gasteiger partial charge in [-0.25, -0.2) is 0 Å². The first-order valence-corrected chi connectivity index (χ1v) is 15.8. The third kappa shape index (κ3) is 5.09. The van der Waals surface area contributed by atoms with Gasteiger partial charge in [-0.1, -0.05) is 6.42 Å². The second-order valence-corrected chi connectivity index (χ2v) is 13.4. The minimum absolute atomic E-state index is 0.140. The zero-order valence-corrected chi connectivity index (χ0v) is 26.1. The topological polar surface area (TPSA) is 48.5 Å². The molecule has 3 heterocycles. The molecule has 2 aromatic rings. The summed E-state index contributed by atoms with van der Waals surface area (Å²) in [7, 11) is 0. The van der Waals surface area contributed by atoms with Crippen LogP contribution in [0.2, 0.25) is 5.02 Å². The van der Waals surface area contributed by atoms with E-state index in [0.717, 1.165) is 52.8 Å². The SMILES string of the molecule is O=[C]([RaH])Nc1nc(-c2cc(Cl)cs2)c(N2CCN(C3CCCCC3)CC2)s1. The van der Waals surface area contributed by atoms with Gasteiger partial charge in [0, 0.05) is 0 Å².